The molecule has 1 aromatic rings. The minimum Gasteiger partial charge on any atom is -0.477 e. The summed E-state index contributed by atoms with van der Waals surface area (Å²) >= 11 is 6.82. The van der Waals surface area contributed by atoms with Gasteiger partial charge in [0.25, 0.3) is 16.0 Å². The number of hydrogen-bond donors (Lipinski definition) is 3. The first-order valence-corrected chi connectivity index (χ1v) is 12.5. The number of carbonyl (C=O) groups excluding carboxylic acids is 3. The molecule has 0 spiro atoms. The predicted octanol–water partition coefficient (Wildman–Crippen LogP) is 0.656. The molecule has 2 amide bonds. The largest absolute Gasteiger partial charge is 0.477 e. The van der Waals surface area contributed by atoms with Gasteiger partial charge in [0.1, 0.15) is 23.7 Å². The van der Waals surface area contributed by atoms with Gasteiger partial charge in [0, 0.05) is 24.1 Å². The fourth-order valence-corrected chi connectivity index (χ4v) is 5.80. The van der Waals surface area contributed by atoms with Gasteiger partial charge in [-0.1, -0.05) is 24.3 Å². The lowest BCUT2D eigenvalue weighted by molar-refractivity contribution is -0.151. The molecule has 1 saturated heterocycles. The molecule has 2 heterocycles. The average Bonchev–Trinajstić information content (AvgIpc) is 2.74. The molecule has 0 aromatic heterocycles. The van der Waals surface area contributed by atoms with Crippen molar-refractivity contribution in [1.82, 2.24) is 10.2 Å². The van der Waals surface area contributed by atoms with Gasteiger partial charge >= 0.3 is 11.9 Å². The summed E-state index contributed by atoms with van der Waals surface area (Å²) in [6.45, 7) is 0.857. The van der Waals surface area contributed by atoms with Gasteiger partial charge in [-0.3, -0.25) is 23.8 Å². The fourth-order valence-electron chi connectivity index (χ4n) is 3.45. The number of ether oxygens (including phenoxy) is 1. The van der Waals surface area contributed by atoms with E-state index in [1.54, 1.807) is 0 Å². The molecule has 3 atom stereocenters. The lowest BCUT2D eigenvalue weighted by Crippen LogP contribution is -2.71. The topological polar surface area (TPSA) is 167 Å². The summed E-state index contributed by atoms with van der Waals surface area (Å²) in [4.78, 5) is 49.2. The Kier molecular flexibility index (Phi) is 7.36. The third-order valence-corrected chi connectivity index (χ3v) is 7.70. The second-order valence-electron chi connectivity index (χ2n) is 7.20. The molecule has 0 saturated carbocycles. The number of aliphatic carboxylic acids is 1. The van der Waals surface area contributed by atoms with Crippen LogP contribution in [-0.4, -0.2) is 70.5 Å². The maximum Gasteiger partial charge on any atom is 0.352 e. The molecule has 0 radical (unpaired) electrons. The van der Waals surface area contributed by atoms with Crippen LogP contribution in [-0.2, 0) is 39.9 Å². The Morgan fingerprint density at radius 1 is 1.30 bits per heavy atom. The van der Waals surface area contributed by atoms with Crippen LogP contribution in [0.4, 0.5) is 0 Å². The summed E-state index contributed by atoms with van der Waals surface area (Å²) in [6.07, 6.45) is 0. The summed E-state index contributed by atoms with van der Waals surface area (Å²) in [5.74, 6) is -3.67. The number of fused-ring (bicyclic) bond motifs is 1. The van der Waals surface area contributed by atoms with E-state index in [0.29, 0.717) is 5.56 Å². The van der Waals surface area contributed by atoms with Crippen molar-refractivity contribution in [2.24, 2.45) is 0 Å². The molecule has 1 fully saturated rings. The SMILES string of the molecule is CC(=O)OCC1=C(C(=O)O)N2C(=O)C(NC(=O)C(c3ccc(CCl)cc3)S(=O)(=O)O)C2SC1. The maximum absolute atomic E-state index is 12.8. The lowest BCUT2D eigenvalue weighted by Gasteiger charge is -2.49. The Morgan fingerprint density at radius 3 is 2.45 bits per heavy atom. The Bertz CT molecular complexity index is 1130. The fraction of sp³-hybridized carbons (Fsp3) is 0.368. The highest BCUT2D eigenvalue weighted by atomic mass is 35.5. The van der Waals surface area contributed by atoms with Gasteiger partial charge in [-0.2, -0.15) is 8.42 Å². The van der Waals surface area contributed by atoms with Crippen LogP contribution in [0.1, 0.15) is 23.3 Å². The monoisotopic (exact) mass is 518 g/mol. The van der Waals surface area contributed by atoms with Crippen molar-refractivity contribution in [2.45, 2.75) is 29.5 Å². The lowest BCUT2D eigenvalue weighted by atomic mass is 10.0. The summed E-state index contributed by atoms with van der Waals surface area (Å²) in [5.41, 5.74) is 0.500. The van der Waals surface area contributed by atoms with Gasteiger partial charge in [0.05, 0.1) is 0 Å². The zero-order chi connectivity index (χ0) is 24.5. The van der Waals surface area contributed by atoms with Crippen molar-refractivity contribution in [2.75, 3.05) is 12.4 Å². The van der Waals surface area contributed by atoms with Crippen molar-refractivity contribution < 1.29 is 42.0 Å². The highest BCUT2D eigenvalue weighted by Crippen LogP contribution is 2.40. The number of esters is 1. The molecule has 2 aliphatic rings. The van der Waals surface area contributed by atoms with Crippen LogP contribution in [0.5, 0.6) is 0 Å². The second kappa shape index (κ2) is 9.71. The number of β-lactam (4-membered cyclic amide) rings is 1. The van der Waals surface area contributed by atoms with E-state index in [1.165, 1.54) is 24.3 Å². The van der Waals surface area contributed by atoms with Gasteiger partial charge in [-0.15, -0.1) is 23.4 Å². The van der Waals surface area contributed by atoms with E-state index in [-0.39, 0.29) is 35.1 Å². The van der Waals surface area contributed by atoms with Crippen LogP contribution in [0.15, 0.2) is 35.5 Å². The number of thioether (sulfide) groups is 1. The number of rotatable bonds is 8. The number of carboxylic acid groups (broad SMARTS) is 1. The zero-order valence-electron chi connectivity index (χ0n) is 17.1. The van der Waals surface area contributed by atoms with Crippen molar-refractivity contribution >= 4 is 57.2 Å². The van der Waals surface area contributed by atoms with Crippen molar-refractivity contribution in [1.29, 1.82) is 0 Å². The number of hydrogen-bond acceptors (Lipinski definition) is 8. The molecule has 1 aromatic carbocycles. The van der Waals surface area contributed by atoms with E-state index in [2.05, 4.69) is 5.32 Å². The zero-order valence-corrected chi connectivity index (χ0v) is 19.4. The first-order valence-electron chi connectivity index (χ1n) is 9.40. The molecule has 3 unspecified atom stereocenters. The van der Waals surface area contributed by atoms with Crippen LogP contribution in [0.2, 0.25) is 0 Å². The van der Waals surface area contributed by atoms with Gasteiger partial charge < -0.3 is 15.2 Å². The number of amides is 2. The van der Waals surface area contributed by atoms with Crippen molar-refractivity contribution in [3.63, 3.8) is 0 Å². The van der Waals surface area contributed by atoms with Crippen molar-refractivity contribution in [3.8, 4) is 0 Å². The summed E-state index contributed by atoms with van der Waals surface area (Å²) in [7, 11) is -4.89. The van der Waals surface area contributed by atoms with Gasteiger partial charge in [0.2, 0.25) is 5.91 Å². The minimum atomic E-state index is -4.89. The Hall–Kier alpha value is -2.61. The van der Waals surface area contributed by atoms with Gasteiger partial charge in [-0.05, 0) is 11.1 Å². The molecule has 0 aliphatic carbocycles. The molecule has 14 heteroatoms. The van der Waals surface area contributed by atoms with E-state index >= 15 is 0 Å². The van der Waals surface area contributed by atoms with Gasteiger partial charge in [0.15, 0.2) is 5.25 Å². The number of carboxylic acids is 1. The van der Waals surface area contributed by atoms with E-state index < -0.39 is 50.5 Å². The third kappa shape index (κ3) is 5.16. The molecule has 3 rings (SSSR count). The maximum atomic E-state index is 12.8. The smallest absolute Gasteiger partial charge is 0.352 e. The van der Waals surface area contributed by atoms with E-state index in [0.717, 1.165) is 23.6 Å². The van der Waals surface area contributed by atoms with E-state index in [1.807, 2.05) is 0 Å². The molecular formula is C19H19ClN2O9S2. The summed E-state index contributed by atoms with van der Waals surface area (Å²) in [6, 6.07) is 4.43. The second-order valence-corrected chi connectivity index (χ2v) is 10.1. The molecule has 178 valence electrons. The highest BCUT2D eigenvalue weighted by Gasteiger charge is 2.55. The average molecular weight is 519 g/mol. The Morgan fingerprint density at radius 2 is 1.94 bits per heavy atom. The Balaban J connectivity index is 1.81. The molecular weight excluding hydrogens is 500 g/mol. The number of benzene rings is 1. The van der Waals surface area contributed by atoms with Crippen molar-refractivity contribution in [3.05, 3.63) is 46.7 Å². The molecule has 3 N–H and O–H groups in total. The number of halogens is 1. The minimum absolute atomic E-state index is 0.0291. The standard InChI is InChI=1S/C19H19ClN2O9S2/c1-9(23)31-7-12-8-32-18-13(17(25)22(18)14(12)19(26)27)21-16(24)15(33(28,29)30)11-4-2-10(6-20)3-5-11/h2-5,13,15,18H,6-8H2,1H3,(H,21,24)(H,26,27)(H,28,29,30). The normalized spacial score (nSPS) is 21.1. The van der Waals surface area contributed by atoms with Crippen LogP contribution in [0, 0.1) is 0 Å². The highest BCUT2D eigenvalue weighted by molar-refractivity contribution is 8.00. The number of alkyl halides is 1. The van der Waals surface area contributed by atoms with Crippen LogP contribution in [0.3, 0.4) is 0 Å². The van der Waals surface area contributed by atoms with E-state index in [4.69, 9.17) is 16.3 Å². The number of nitrogens with zero attached hydrogens (tertiary/aromatic N) is 1. The third-order valence-electron chi connectivity index (χ3n) is 4.97. The van der Waals surface area contributed by atoms with E-state index in [9.17, 15) is 37.3 Å². The summed E-state index contributed by atoms with van der Waals surface area (Å²) in [5, 5.41) is 9.06. The molecule has 11 nitrogen and oxygen atoms in total. The first kappa shape index (κ1) is 25.0. The molecule has 33 heavy (non-hydrogen) atoms. The molecule has 2 aliphatic heterocycles. The quantitative estimate of drug-likeness (QED) is 0.192. The van der Waals surface area contributed by atoms with Crippen LogP contribution >= 0.6 is 23.4 Å². The first-order chi connectivity index (χ1) is 15.5. The van der Waals surface area contributed by atoms with Gasteiger partial charge in [-0.25, -0.2) is 4.79 Å². The van der Waals surface area contributed by atoms with Crippen LogP contribution in [0.25, 0.3) is 0 Å². The van der Waals surface area contributed by atoms with Crippen LogP contribution < -0.4 is 5.32 Å². The number of carbonyl (C=O) groups is 4. The predicted molar refractivity (Wildman–Crippen MR) is 117 cm³/mol. The molecule has 0 bridgehead atoms. The summed E-state index contributed by atoms with van der Waals surface area (Å²) < 4.78 is 38.4. The number of nitrogens with one attached hydrogen (secondary N) is 1. The Labute approximate surface area is 197 Å².